The van der Waals surface area contributed by atoms with Gasteiger partial charge >= 0.3 is 0 Å². The van der Waals surface area contributed by atoms with Crippen molar-refractivity contribution in [2.45, 2.75) is 45.8 Å². The maximum Gasteiger partial charge on any atom is 0.0728 e. The summed E-state index contributed by atoms with van der Waals surface area (Å²) in [5.74, 6) is 0. The van der Waals surface area contributed by atoms with Crippen LogP contribution < -0.4 is 5.32 Å². The number of hydrogen-bond donors (Lipinski definition) is 1. The minimum Gasteiger partial charge on any atom is -0.377 e. The zero-order valence-electron chi connectivity index (χ0n) is 11.8. The van der Waals surface area contributed by atoms with Gasteiger partial charge < -0.3 is 10.1 Å². The van der Waals surface area contributed by atoms with Crippen molar-refractivity contribution in [3.63, 3.8) is 0 Å². The number of ether oxygens (including phenoxy) is 1. The van der Waals surface area contributed by atoms with Crippen molar-refractivity contribution >= 4 is 11.6 Å². The van der Waals surface area contributed by atoms with Crippen molar-refractivity contribution in [1.29, 1.82) is 0 Å². The van der Waals surface area contributed by atoms with Gasteiger partial charge in [-0.25, -0.2) is 0 Å². The molecule has 0 bridgehead atoms. The highest BCUT2D eigenvalue weighted by molar-refractivity contribution is 6.31. The van der Waals surface area contributed by atoms with Gasteiger partial charge in [-0.05, 0) is 50.9 Å². The van der Waals surface area contributed by atoms with Crippen molar-refractivity contribution in [2.75, 3.05) is 13.7 Å². The third-order valence-electron chi connectivity index (χ3n) is 3.25. The molecule has 0 aliphatic carbocycles. The SMILES string of the molecule is CCOC(CC)C(Cc1ccc(C)cc1Cl)NC. The van der Waals surface area contributed by atoms with Crippen molar-refractivity contribution in [1.82, 2.24) is 5.32 Å². The first kappa shape index (κ1) is 15.5. The molecule has 0 spiro atoms. The lowest BCUT2D eigenvalue weighted by molar-refractivity contribution is 0.0339. The standard InChI is InChI=1S/C15H24ClNO/c1-5-15(18-6-2)14(17-4)10-12-8-7-11(3)9-13(12)16/h7-9,14-15,17H,5-6,10H2,1-4H3. The molecule has 1 aromatic rings. The number of nitrogens with one attached hydrogen (secondary N) is 1. The van der Waals surface area contributed by atoms with Crippen LogP contribution in [-0.4, -0.2) is 25.8 Å². The predicted molar refractivity (Wildman–Crippen MR) is 78.4 cm³/mol. The molecule has 0 amide bonds. The summed E-state index contributed by atoms with van der Waals surface area (Å²) >= 11 is 6.29. The van der Waals surface area contributed by atoms with Gasteiger partial charge in [-0.1, -0.05) is 30.7 Å². The highest BCUT2D eigenvalue weighted by Crippen LogP contribution is 2.21. The molecule has 0 aromatic heterocycles. The van der Waals surface area contributed by atoms with E-state index in [2.05, 4.69) is 31.3 Å². The Hall–Kier alpha value is -0.570. The van der Waals surface area contributed by atoms with Gasteiger partial charge in [-0.15, -0.1) is 0 Å². The molecule has 0 saturated heterocycles. The highest BCUT2D eigenvalue weighted by atomic mass is 35.5. The molecule has 3 heteroatoms. The molecule has 1 rings (SSSR count). The van der Waals surface area contributed by atoms with Crippen molar-refractivity contribution in [3.05, 3.63) is 34.3 Å². The third kappa shape index (κ3) is 4.27. The fourth-order valence-corrected chi connectivity index (χ4v) is 2.52. The normalized spacial score (nSPS) is 14.5. The minimum atomic E-state index is 0.234. The Labute approximate surface area is 116 Å². The van der Waals surface area contributed by atoms with E-state index >= 15 is 0 Å². The van der Waals surface area contributed by atoms with Gasteiger partial charge in [0.25, 0.3) is 0 Å². The predicted octanol–water partition coefficient (Wildman–Crippen LogP) is 3.59. The first-order valence-electron chi connectivity index (χ1n) is 6.66. The summed E-state index contributed by atoms with van der Waals surface area (Å²) < 4.78 is 5.77. The van der Waals surface area contributed by atoms with Gasteiger partial charge in [-0.2, -0.15) is 0 Å². The van der Waals surface area contributed by atoms with E-state index in [1.807, 2.05) is 20.0 Å². The lowest BCUT2D eigenvalue weighted by atomic mass is 9.99. The molecule has 0 fully saturated rings. The van der Waals surface area contributed by atoms with E-state index in [1.54, 1.807) is 0 Å². The van der Waals surface area contributed by atoms with E-state index in [-0.39, 0.29) is 6.10 Å². The van der Waals surface area contributed by atoms with E-state index in [9.17, 15) is 0 Å². The average molecular weight is 270 g/mol. The fraction of sp³-hybridized carbons (Fsp3) is 0.600. The lowest BCUT2D eigenvalue weighted by Gasteiger charge is -2.26. The van der Waals surface area contributed by atoms with Crippen LogP contribution in [-0.2, 0) is 11.2 Å². The van der Waals surface area contributed by atoms with E-state index in [1.165, 1.54) is 11.1 Å². The Morgan fingerprint density at radius 3 is 2.56 bits per heavy atom. The molecule has 2 nitrogen and oxygen atoms in total. The molecule has 0 saturated carbocycles. The molecule has 2 atom stereocenters. The topological polar surface area (TPSA) is 21.3 Å². The Morgan fingerprint density at radius 2 is 2.06 bits per heavy atom. The zero-order valence-corrected chi connectivity index (χ0v) is 12.6. The second-order valence-electron chi connectivity index (χ2n) is 4.60. The van der Waals surface area contributed by atoms with Crippen LogP contribution in [0.2, 0.25) is 5.02 Å². The van der Waals surface area contributed by atoms with Crippen LogP contribution in [0.5, 0.6) is 0 Å². The number of benzene rings is 1. The Bertz CT molecular complexity index is 368. The Balaban J connectivity index is 2.78. The van der Waals surface area contributed by atoms with Crippen molar-refractivity contribution in [2.24, 2.45) is 0 Å². The lowest BCUT2D eigenvalue weighted by Crippen LogP contribution is -2.40. The molecule has 2 unspecified atom stereocenters. The quantitative estimate of drug-likeness (QED) is 0.817. The summed E-state index contributed by atoms with van der Waals surface area (Å²) in [6.45, 7) is 6.99. The van der Waals surface area contributed by atoms with E-state index < -0.39 is 0 Å². The molecule has 1 N–H and O–H groups in total. The molecule has 102 valence electrons. The molecule has 18 heavy (non-hydrogen) atoms. The number of rotatable bonds is 7. The molecular weight excluding hydrogens is 246 g/mol. The largest absolute Gasteiger partial charge is 0.377 e. The number of likely N-dealkylation sites (N-methyl/N-ethyl adjacent to an activating group) is 1. The molecule has 0 aliphatic rings. The summed E-state index contributed by atoms with van der Waals surface area (Å²) in [6.07, 6.45) is 2.13. The molecular formula is C15H24ClNO. The molecule has 0 heterocycles. The second kappa shape index (κ2) is 7.78. The summed E-state index contributed by atoms with van der Waals surface area (Å²) in [5, 5.41) is 4.19. The Morgan fingerprint density at radius 1 is 1.33 bits per heavy atom. The summed E-state index contributed by atoms with van der Waals surface area (Å²) in [6, 6.07) is 6.54. The van der Waals surface area contributed by atoms with Gasteiger partial charge in [0.1, 0.15) is 0 Å². The molecule has 0 radical (unpaired) electrons. The molecule has 0 aliphatic heterocycles. The fourth-order valence-electron chi connectivity index (χ4n) is 2.21. The van der Waals surface area contributed by atoms with Crippen molar-refractivity contribution in [3.8, 4) is 0 Å². The second-order valence-corrected chi connectivity index (χ2v) is 5.00. The summed E-state index contributed by atoms with van der Waals surface area (Å²) in [4.78, 5) is 0. The number of halogens is 1. The van der Waals surface area contributed by atoms with Crippen LogP contribution in [0.15, 0.2) is 18.2 Å². The number of aryl methyl sites for hydroxylation is 1. The minimum absolute atomic E-state index is 0.234. The maximum atomic E-state index is 6.29. The first-order chi connectivity index (χ1) is 8.62. The van der Waals surface area contributed by atoms with E-state index in [0.29, 0.717) is 6.04 Å². The maximum absolute atomic E-state index is 6.29. The highest BCUT2D eigenvalue weighted by Gasteiger charge is 2.19. The van der Waals surface area contributed by atoms with Crippen LogP contribution in [0.1, 0.15) is 31.4 Å². The Kier molecular flexibility index (Phi) is 6.69. The summed E-state index contributed by atoms with van der Waals surface area (Å²) in [7, 11) is 1.98. The number of hydrogen-bond acceptors (Lipinski definition) is 2. The third-order valence-corrected chi connectivity index (χ3v) is 3.60. The van der Waals surface area contributed by atoms with Crippen LogP contribution in [0.4, 0.5) is 0 Å². The van der Waals surface area contributed by atoms with Crippen LogP contribution in [0.25, 0.3) is 0 Å². The van der Waals surface area contributed by atoms with Crippen LogP contribution in [0, 0.1) is 6.92 Å². The van der Waals surface area contributed by atoms with Gasteiger partial charge in [-0.3, -0.25) is 0 Å². The zero-order chi connectivity index (χ0) is 13.5. The van der Waals surface area contributed by atoms with E-state index in [0.717, 1.165) is 24.5 Å². The monoisotopic (exact) mass is 269 g/mol. The van der Waals surface area contributed by atoms with Gasteiger partial charge in [0.05, 0.1) is 6.10 Å². The van der Waals surface area contributed by atoms with Crippen LogP contribution >= 0.6 is 11.6 Å². The van der Waals surface area contributed by atoms with E-state index in [4.69, 9.17) is 16.3 Å². The first-order valence-corrected chi connectivity index (χ1v) is 7.04. The average Bonchev–Trinajstić information content (AvgIpc) is 2.36. The smallest absolute Gasteiger partial charge is 0.0728 e. The van der Waals surface area contributed by atoms with Crippen LogP contribution in [0.3, 0.4) is 0 Å². The van der Waals surface area contributed by atoms with Gasteiger partial charge in [0, 0.05) is 17.7 Å². The summed E-state index contributed by atoms with van der Waals surface area (Å²) in [5.41, 5.74) is 2.38. The van der Waals surface area contributed by atoms with Gasteiger partial charge in [0.2, 0.25) is 0 Å². The van der Waals surface area contributed by atoms with Crippen molar-refractivity contribution < 1.29 is 4.74 Å². The molecule has 1 aromatic carbocycles. The van der Waals surface area contributed by atoms with Gasteiger partial charge in [0.15, 0.2) is 0 Å².